The van der Waals surface area contributed by atoms with E-state index in [0.29, 0.717) is 0 Å². The van der Waals surface area contributed by atoms with Gasteiger partial charge in [-0.3, -0.25) is 9.36 Å². The fourth-order valence-corrected chi connectivity index (χ4v) is 3.26. The predicted octanol–water partition coefficient (Wildman–Crippen LogP) is 4.37. The molecule has 1 aliphatic rings. The summed E-state index contributed by atoms with van der Waals surface area (Å²) in [6.07, 6.45) is 0. The van der Waals surface area contributed by atoms with E-state index in [9.17, 15) is 4.79 Å². The largest absolute Gasteiger partial charge is 0.268 e. The fourth-order valence-electron chi connectivity index (χ4n) is 3.26. The smallest absolute Gasteiger partial charge is 0.264 e. The third-order valence-electron chi connectivity index (χ3n) is 4.36. The van der Waals surface area contributed by atoms with Crippen molar-refractivity contribution in [1.82, 2.24) is 9.55 Å². The Morgan fingerprint density at radius 2 is 1.48 bits per heavy atom. The lowest BCUT2D eigenvalue weighted by molar-refractivity contribution is 0.0973. The quantitative estimate of drug-likeness (QED) is 0.460. The Labute approximate surface area is 132 Å². The summed E-state index contributed by atoms with van der Waals surface area (Å²) in [6, 6.07) is 23.9. The Kier molecular flexibility index (Phi) is 2.36. The molecule has 1 aromatic heterocycles. The molecule has 2 heterocycles. The van der Waals surface area contributed by atoms with Gasteiger partial charge in [-0.25, -0.2) is 4.98 Å². The molecule has 4 aromatic rings. The Morgan fingerprint density at radius 3 is 2.30 bits per heavy atom. The van der Waals surface area contributed by atoms with Gasteiger partial charge in [0.1, 0.15) is 5.82 Å². The minimum atomic E-state index is 0.00515. The molecule has 1 aliphatic heterocycles. The van der Waals surface area contributed by atoms with Gasteiger partial charge in [0.25, 0.3) is 5.91 Å². The maximum absolute atomic E-state index is 12.6. The molecule has 0 aliphatic carbocycles. The zero-order chi connectivity index (χ0) is 15.4. The Balaban J connectivity index is 1.76. The number of benzene rings is 3. The van der Waals surface area contributed by atoms with Crippen LogP contribution in [0.3, 0.4) is 0 Å². The van der Waals surface area contributed by atoms with E-state index in [0.717, 1.165) is 39.1 Å². The lowest BCUT2D eigenvalue weighted by Crippen LogP contribution is -2.05. The second-order valence-corrected chi connectivity index (χ2v) is 5.69. The van der Waals surface area contributed by atoms with Crippen molar-refractivity contribution in [1.29, 1.82) is 0 Å². The number of nitrogens with zero attached hydrogens (tertiary/aromatic N) is 2. The van der Waals surface area contributed by atoms with Crippen molar-refractivity contribution in [3.8, 4) is 22.5 Å². The summed E-state index contributed by atoms with van der Waals surface area (Å²) in [5, 5.41) is 0. The van der Waals surface area contributed by atoms with Gasteiger partial charge < -0.3 is 0 Å². The molecule has 0 atom stereocenters. The first-order valence-corrected chi connectivity index (χ1v) is 7.55. The van der Waals surface area contributed by atoms with E-state index in [1.54, 1.807) is 4.57 Å². The van der Waals surface area contributed by atoms with Gasteiger partial charge in [0, 0.05) is 5.56 Å². The Hall–Kier alpha value is -3.20. The molecule has 3 heteroatoms. The van der Waals surface area contributed by atoms with Crippen molar-refractivity contribution < 1.29 is 4.79 Å². The van der Waals surface area contributed by atoms with Crippen molar-refractivity contribution in [3.05, 3.63) is 78.4 Å². The summed E-state index contributed by atoms with van der Waals surface area (Å²) in [5.74, 6) is 0.747. The van der Waals surface area contributed by atoms with Crippen molar-refractivity contribution in [2.45, 2.75) is 0 Å². The zero-order valence-electron chi connectivity index (χ0n) is 12.2. The molecule has 5 rings (SSSR count). The Bertz CT molecular complexity index is 1080. The summed E-state index contributed by atoms with van der Waals surface area (Å²) in [6.45, 7) is 0. The average molecular weight is 296 g/mol. The van der Waals surface area contributed by atoms with Crippen LogP contribution in [0.2, 0.25) is 0 Å². The van der Waals surface area contributed by atoms with Crippen LogP contribution in [0.25, 0.3) is 33.5 Å². The maximum atomic E-state index is 12.6. The van der Waals surface area contributed by atoms with Gasteiger partial charge >= 0.3 is 0 Å². The first-order chi connectivity index (χ1) is 11.3. The van der Waals surface area contributed by atoms with Crippen LogP contribution in [-0.2, 0) is 0 Å². The van der Waals surface area contributed by atoms with Crippen LogP contribution in [0.5, 0.6) is 0 Å². The summed E-state index contributed by atoms with van der Waals surface area (Å²) >= 11 is 0. The summed E-state index contributed by atoms with van der Waals surface area (Å²) in [4.78, 5) is 17.4. The first kappa shape index (κ1) is 12.4. The van der Waals surface area contributed by atoms with Crippen LogP contribution >= 0.6 is 0 Å². The van der Waals surface area contributed by atoms with Gasteiger partial charge in [-0.1, -0.05) is 54.6 Å². The summed E-state index contributed by atoms with van der Waals surface area (Å²) in [7, 11) is 0. The lowest BCUT2D eigenvalue weighted by atomic mass is 10.1. The molecule has 3 nitrogen and oxygen atoms in total. The highest BCUT2D eigenvalue weighted by Gasteiger charge is 2.29. The number of hydrogen-bond acceptors (Lipinski definition) is 2. The summed E-state index contributed by atoms with van der Waals surface area (Å²) in [5.41, 5.74) is 5.61. The molecule has 0 fully saturated rings. The second kappa shape index (κ2) is 4.40. The van der Waals surface area contributed by atoms with E-state index >= 15 is 0 Å². The molecule has 0 bridgehead atoms. The van der Waals surface area contributed by atoms with E-state index < -0.39 is 0 Å². The van der Waals surface area contributed by atoms with Gasteiger partial charge in [0.05, 0.1) is 16.6 Å². The first-order valence-electron chi connectivity index (χ1n) is 7.55. The van der Waals surface area contributed by atoms with Gasteiger partial charge in [0.15, 0.2) is 0 Å². The highest BCUT2D eigenvalue weighted by molar-refractivity contribution is 6.12. The highest BCUT2D eigenvalue weighted by atomic mass is 16.2. The number of imidazole rings is 1. The van der Waals surface area contributed by atoms with Crippen LogP contribution in [-0.4, -0.2) is 15.5 Å². The topological polar surface area (TPSA) is 34.9 Å². The van der Waals surface area contributed by atoms with E-state index in [-0.39, 0.29) is 5.91 Å². The molecule has 3 aromatic carbocycles. The average Bonchev–Trinajstić information content (AvgIpc) is 3.12. The minimum absolute atomic E-state index is 0.00515. The van der Waals surface area contributed by atoms with Crippen LogP contribution in [0.4, 0.5) is 0 Å². The van der Waals surface area contributed by atoms with E-state index in [1.807, 2.05) is 60.7 Å². The standard InChI is InChI=1S/C20H12N2O/c23-20-16-9-5-4-8-15(16)19-21-17-12-14(10-11-18(17)22(19)20)13-6-2-1-3-7-13/h1-12H. The van der Waals surface area contributed by atoms with E-state index in [4.69, 9.17) is 4.98 Å². The number of rotatable bonds is 1. The van der Waals surface area contributed by atoms with Gasteiger partial charge in [-0.15, -0.1) is 0 Å². The number of carbonyl (C=O) groups excluding carboxylic acids is 1. The Morgan fingerprint density at radius 1 is 0.739 bits per heavy atom. The normalized spacial score (nSPS) is 12.4. The molecule has 0 radical (unpaired) electrons. The second-order valence-electron chi connectivity index (χ2n) is 5.69. The van der Waals surface area contributed by atoms with Gasteiger partial charge in [-0.05, 0) is 29.3 Å². The van der Waals surface area contributed by atoms with Crippen LogP contribution in [0.1, 0.15) is 10.4 Å². The predicted molar refractivity (Wildman–Crippen MR) is 90.3 cm³/mol. The number of carbonyl (C=O) groups is 1. The third kappa shape index (κ3) is 1.64. The van der Waals surface area contributed by atoms with E-state index in [1.165, 1.54) is 0 Å². The van der Waals surface area contributed by atoms with E-state index in [2.05, 4.69) is 12.1 Å². The molecule has 108 valence electrons. The lowest BCUT2D eigenvalue weighted by Gasteiger charge is -2.02. The zero-order valence-corrected chi connectivity index (χ0v) is 12.2. The number of aromatic nitrogens is 2. The summed E-state index contributed by atoms with van der Waals surface area (Å²) < 4.78 is 1.72. The van der Waals surface area contributed by atoms with Crippen LogP contribution in [0, 0.1) is 0 Å². The molecule has 0 amide bonds. The maximum Gasteiger partial charge on any atom is 0.264 e. The van der Waals surface area contributed by atoms with Crippen molar-refractivity contribution in [3.63, 3.8) is 0 Å². The molecule has 0 N–H and O–H groups in total. The molecule has 0 saturated heterocycles. The minimum Gasteiger partial charge on any atom is -0.268 e. The molecular weight excluding hydrogens is 284 g/mol. The monoisotopic (exact) mass is 296 g/mol. The van der Waals surface area contributed by atoms with Gasteiger partial charge in [0.2, 0.25) is 0 Å². The molecular formula is C20H12N2O. The molecule has 0 saturated carbocycles. The third-order valence-corrected chi connectivity index (χ3v) is 4.36. The van der Waals surface area contributed by atoms with Crippen molar-refractivity contribution in [2.24, 2.45) is 0 Å². The van der Waals surface area contributed by atoms with Crippen LogP contribution in [0.15, 0.2) is 72.8 Å². The molecule has 0 spiro atoms. The van der Waals surface area contributed by atoms with Gasteiger partial charge in [-0.2, -0.15) is 0 Å². The highest BCUT2D eigenvalue weighted by Crippen LogP contribution is 2.35. The van der Waals surface area contributed by atoms with Crippen LogP contribution < -0.4 is 0 Å². The molecule has 23 heavy (non-hydrogen) atoms. The van der Waals surface area contributed by atoms with Crippen molar-refractivity contribution in [2.75, 3.05) is 0 Å². The van der Waals surface area contributed by atoms with Crippen molar-refractivity contribution >= 4 is 16.9 Å². The molecule has 0 unspecified atom stereocenters. The fraction of sp³-hybridized carbons (Fsp3) is 0. The number of fused-ring (bicyclic) bond motifs is 5. The SMILES string of the molecule is O=C1c2ccccc2-c2nc3cc(-c4ccccc4)ccc3n21. The number of hydrogen-bond donors (Lipinski definition) is 0.